The van der Waals surface area contributed by atoms with Crippen molar-refractivity contribution in [1.29, 1.82) is 0 Å². The molecule has 9 heteroatoms. The van der Waals surface area contributed by atoms with Crippen molar-refractivity contribution in [3.63, 3.8) is 0 Å². The Bertz CT molecular complexity index is 898. The summed E-state index contributed by atoms with van der Waals surface area (Å²) in [4.78, 5) is 35.0. The van der Waals surface area contributed by atoms with Gasteiger partial charge in [-0.15, -0.1) is 0 Å². The quantitative estimate of drug-likeness (QED) is 0.648. The molecule has 0 bridgehead atoms. The molecule has 3 rings (SSSR count). The Hall–Kier alpha value is -3.59. The highest BCUT2D eigenvalue weighted by Gasteiger charge is 2.21. The van der Waals surface area contributed by atoms with Crippen molar-refractivity contribution in [3.05, 3.63) is 59.7 Å². The van der Waals surface area contributed by atoms with Gasteiger partial charge in [0.25, 0.3) is 0 Å². The molecule has 2 aromatic rings. The standard InChI is InChI=1S/C21H26N2O3.C2H2O4/c1-25-19-9-8-18(14-20(19)26-2)16-22-10-12-23(13-11-22)21(24)15-17-6-4-3-5-7-17;3-1(4)2(5)6/h3-9,14H,10-13,15-16H2,1-2H3;(H,3,4)(H,5,6). The second-order valence-corrected chi connectivity index (χ2v) is 7.12. The number of carbonyl (C=O) groups excluding carboxylic acids is 1. The highest BCUT2D eigenvalue weighted by Crippen LogP contribution is 2.28. The smallest absolute Gasteiger partial charge is 0.414 e. The molecule has 1 saturated heterocycles. The van der Waals surface area contributed by atoms with Crippen LogP contribution in [0.25, 0.3) is 0 Å². The van der Waals surface area contributed by atoms with Gasteiger partial charge in [0.2, 0.25) is 5.91 Å². The lowest BCUT2D eigenvalue weighted by Crippen LogP contribution is -2.48. The minimum Gasteiger partial charge on any atom is -0.493 e. The first-order chi connectivity index (χ1) is 15.3. The van der Waals surface area contributed by atoms with Gasteiger partial charge in [-0.05, 0) is 23.3 Å². The molecule has 1 amide bonds. The van der Waals surface area contributed by atoms with Crippen LogP contribution in [0.4, 0.5) is 0 Å². The summed E-state index contributed by atoms with van der Waals surface area (Å²) in [7, 11) is 3.29. The first kappa shape index (κ1) is 24.7. The van der Waals surface area contributed by atoms with Gasteiger partial charge in [-0.3, -0.25) is 9.69 Å². The fourth-order valence-corrected chi connectivity index (χ4v) is 3.27. The zero-order valence-corrected chi connectivity index (χ0v) is 18.2. The highest BCUT2D eigenvalue weighted by atomic mass is 16.5. The molecule has 2 N–H and O–H groups in total. The Balaban J connectivity index is 0.000000534. The SMILES string of the molecule is COc1ccc(CN2CCN(C(=O)Cc3ccccc3)CC2)cc1OC.O=C(O)C(=O)O. The Morgan fingerprint density at radius 3 is 1.94 bits per heavy atom. The van der Waals surface area contributed by atoms with Crippen molar-refractivity contribution in [2.24, 2.45) is 0 Å². The fraction of sp³-hybridized carbons (Fsp3) is 0.348. The van der Waals surface area contributed by atoms with Gasteiger partial charge in [0.05, 0.1) is 20.6 Å². The second-order valence-electron chi connectivity index (χ2n) is 7.12. The summed E-state index contributed by atoms with van der Waals surface area (Å²) in [5.74, 6) is -1.94. The summed E-state index contributed by atoms with van der Waals surface area (Å²) in [6.07, 6.45) is 0.483. The number of rotatable bonds is 6. The van der Waals surface area contributed by atoms with Gasteiger partial charge in [0.15, 0.2) is 11.5 Å². The van der Waals surface area contributed by atoms with Crippen molar-refractivity contribution < 1.29 is 34.1 Å². The number of ether oxygens (including phenoxy) is 2. The van der Waals surface area contributed by atoms with Crippen LogP contribution < -0.4 is 9.47 Å². The number of carboxylic acid groups (broad SMARTS) is 2. The number of hydrogen-bond acceptors (Lipinski definition) is 6. The maximum Gasteiger partial charge on any atom is 0.414 e. The molecule has 0 aliphatic carbocycles. The summed E-state index contributed by atoms with van der Waals surface area (Å²) in [5, 5.41) is 14.8. The molecule has 0 spiro atoms. The number of aliphatic carboxylic acids is 2. The van der Waals surface area contributed by atoms with Crippen LogP contribution in [0, 0.1) is 0 Å². The van der Waals surface area contributed by atoms with E-state index in [1.54, 1.807) is 14.2 Å². The second kappa shape index (κ2) is 12.3. The normalized spacial score (nSPS) is 13.5. The fourth-order valence-electron chi connectivity index (χ4n) is 3.27. The Morgan fingerprint density at radius 1 is 0.812 bits per heavy atom. The maximum absolute atomic E-state index is 12.5. The lowest BCUT2D eigenvalue weighted by Gasteiger charge is -2.35. The number of nitrogens with zero attached hydrogens (tertiary/aromatic N) is 2. The van der Waals surface area contributed by atoms with Crippen LogP contribution in [0.15, 0.2) is 48.5 Å². The molecule has 32 heavy (non-hydrogen) atoms. The summed E-state index contributed by atoms with van der Waals surface area (Å²) in [6, 6.07) is 16.0. The van der Waals surface area contributed by atoms with Gasteiger partial charge >= 0.3 is 11.9 Å². The van der Waals surface area contributed by atoms with Crippen LogP contribution in [0.3, 0.4) is 0 Å². The van der Waals surface area contributed by atoms with Crippen LogP contribution in [-0.4, -0.2) is 78.3 Å². The molecule has 0 radical (unpaired) electrons. The van der Waals surface area contributed by atoms with E-state index in [0.717, 1.165) is 49.8 Å². The summed E-state index contributed by atoms with van der Waals surface area (Å²) < 4.78 is 10.7. The molecule has 9 nitrogen and oxygen atoms in total. The van der Waals surface area contributed by atoms with Gasteiger partial charge < -0.3 is 24.6 Å². The van der Waals surface area contributed by atoms with Gasteiger partial charge in [0, 0.05) is 32.7 Å². The molecule has 1 aliphatic heterocycles. The van der Waals surface area contributed by atoms with Crippen LogP contribution in [0.1, 0.15) is 11.1 Å². The molecule has 1 heterocycles. The largest absolute Gasteiger partial charge is 0.493 e. The van der Waals surface area contributed by atoms with E-state index in [2.05, 4.69) is 11.0 Å². The lowest BCUT2D eigenvalue weighted by atomic mass is 10.1. The highest BCUT2D eigenvalue weighted by molar-refractivity contribution is 6.27. The first-order valence-electron chi connectivity index (χ1n) is 10.0. The minimum atomic E-state index is -1.82. The zero-order chi connectivity index (χ0) is 23.5. The third-order valence-corrected chi connectivity index (χ3v) is 4.96. The molecule has 2 aromatic carbocycles. The molecule has 0 atom stereocenters. The lowest BCUT2D eigenvalue weighted by molar-refractivity contribution is -0.159. The molecule has 172 valence electrons. The topological polar surface area (TPSA) is 117 Å². The van der Waals surface area contributed by atoms with Crippen LogP contribution >= 0.6 is 0 Å². The van der Waals surface area contributed by atoms with E-state index >= 15 is 0 Å². The third kappa shape index (κ3) is 7.59. The van der Waals surface area contributed by atoms with Gasteiger partial charge in [-0.2, -0.15) is 0 Å². The molecule has 0 unspecified atom stereocenters. The van der Waals surface area contributed by atoms with Crippen molar-refractivity contribution >= 4 is 17.8 Å². The number of hydrogen-bond donors (Lipinski definition) is 2. The van der Waals surface area contributed by atoms with E-state index < -0.39 is 11.9 Å². The summed E-state index contributed by atoms with van der Waals surface area (Å²) in [5.41, 5.74) is 2.26. The van der Waals surface area contributed by atoms with Crippen molar-refractivity contribution in [1.82, 2.24) is 9.80 Å². The van der Waals surface area contributed by atoms with Crippen molar-refractivity contribution in [2.45, 2.75) is 13.0 Å². The van der Waals surface area contributed by atoms with Gasteiger partial charge in [0.1, 0.15) is 0 Å². The van der Waals surface area contributed by atoms with E-state index in [0.29, 0.717) is 6.42 Å². The van der Waals surface area contributed by atoms with E-state index in [1.165, 1.54) is 5.56 Å². The summed E-state index contributed by atoms with van der Waals surface area (Å²) >= 11 is 0. The molecular formula is C23H28N2O7. The number of amides is 1. The number of methoxy groups -OCH3 is 2. The average molecular weight is 444 g/mol. The number of piperazine rings is 1. The Kier molecular flexibility index (Phi) is 9.49. The average Bonchev–Trinajstić information content (AvgIpc) is 2.80. The van der Waals surface area contributed by atoms with E-state index in [4.69, 9.17) is 29.3 Å². The van der Waals surface area contributed by atoms with Crippen LogP contribution in [-0.2, 0) is 27.3 Å². The Morgan fingerprint density at radius 2 is 1.41 bits per heavy atom. The van der Waals surface area contributed by atoms with Gasteiger partial charge in [-0.25, -0.2) is 9.59 Å². The van der Waals surface area contributed by atoms with Crippen LogP contribution in [0.5, 0.6) is 11.5 Å². The Labute approximate surface area is 186 Å². The first-order valence-corrected chi connectivity index (χ1v) is 10.0. The summed E-state index contributed by atoms with van der Waals surface area (Å²) in [6.45, 7) is 4.17. The molecular weight excluding hydrogens is 416 g/mol. The van der Waals surface area contributed by atoms with Gasteiger partial charge in [-0.1, -0.05) is 36.4 Å². The maximum atomic E-state index is 12.5. The predicted molar refractivity (Wildman–Crippen MR) is 117 cm³/mol. The van der Waals surface area contributed by atoms with Crippen molar-refractivity contribution in [2.75, 3.05) is 40.4 Å². The molecule has 0 saturated carbocycles. The molecule has 1 fully saturated rings. The minimum absolute atomic E-state index is 0.210. The number of benzene rings is 2. The monoisotopic (exact) mass is 444 g/mol. The van der Waals surface area contributed by atoms with E-state index in [9.17, 15) is 4.79 Å². The predicted octanol–water partition coefficient (Wildman–Crippen LogP) is 1.75. The third-order valence-electron chi connectivity index (χ3n) is 4.96. The molecule has 1 aliphatic rings. The zero-order valence-electron chi connectivity index (χ0n) is 18.2. The number of carbonyl (C=O) groups is 3. The van der Waals surface area contributed by atoms with E-state index in [1.807, 2.05) is 47.4 Å². The van der Waals surface area contributed by atoms with E-state index in [-0.39, 0.29) is 5.91 Å². The van der Waals surface area contributed by atoms with Crippen LogP contribution in [0.2, 0.25) is 0 Å². The number of carboxylic acids is 2. The van der Waals surface area contributed by atoms with Crippen molar-refractivity contribution in [3.8, 4) is 11.5 Å². The molecule has 0 aromatic heterocycles.